The normalized spacial score (nSPS) is 16.0. The summed E-state index contributed by atoms with van der Waals surface area (Å²) in [5, 5.41) is 0. The van der Waals surface area contributed by atoms with Crippen LogP contribution in [0.4, 0.5) is 5.69 Å². The Morgan fingerprint density at radius 2 is 1.88 bits per heavy atom. The van der Waals surface area contributed by atoms with Crippen molar-refractivity contribution < 1.29 is 9.47 Å². The highest BCUT2D eigenvalue weighted by atomic mass is 16.5. The predicted octanol–water partition coefficient (Wildman–Crippen LogP) is 2.86. The van der Waals surface area contributed by atoms with Gasteiger partial charge in [-0.2, -0.15) is 0 Å². The fourth-order valence-corrected chi connectivity index (χ4v) is 3.35. The maximum absolute atomic E-state index is 5.71. The third kappa shape index (κ3) is 4.51. The van der Waals surface area contributed by atoms with E-state index in [0.717, 1.165) is 56.0 Å². The SMILES string of the molecule is C=Nc1cc(OC)c(OC)cc1C(=NCC)N1CCC(CCN)CC1. The van der Waals surface area contributed by atoms with Crippen LogP contribution in [-0.2, 0) is 0 Å². The molecule has 0 atom stereocenters. The second kappa shape index (κ2) is 9.42. The first-order valence-electron chi connectivity index (χ1n) is 8.91. The topological polar surface area (TPSA) is 72.4 Å². The van der Waals surface area contributed by atoms with Crippen molar-refractivity contribution in [2.45, 2.75) is 26.2 Å². The Morgan fingerprint density at radius 1 is 1.24 bits per heavy atom. The van der Waals surface area contributed by atoms with Crippen LogP contribution in [0.1, 0.15) is 31.7 Å². The first-order chi connectivity index (χ1) is 12.2. The summed E-state index contributed by atoms with van der Waals surface area (Å²) in [4.78, 5) is 11.3. The van der Waals surface area contributed by atoms with E-state index in [9.17, 15) is 0 Å². The molecule has 6 nitrogen and oxygen atoms in total. The van der Waals surface area contributed by atoms with Gasteiger partial charge >= 0.3 is 0 Å². The highest BCUT2D eigenvalue weighted by Crippen LogP contribution is 2.36. The number of aliphatic imine (C=N–C) groups is 2. The number of piperidine rings is 1. The van der Waals surface area contributed by atoms with E-state index in [2.05, 4.69) is 16.6 Å². The van der Waals surface area contributed by atoms with Crippen LogP contribution in [0, 0.1) is 5.92 Å². The summed E-state index contributed by atoms with van der Waals surface area (Å²) in [6.45, 7) is 9.19. The van der Waals surface area contributed by atoms with Crippen molar-refractivity contribution in [3.05, 3.63) is 17.7 Å². The van der Waals surface area contributed by atoms with Crippen LogP contribution in [0.3, 0.4) is 0 Å². The number of hydrogen-bond acceptors (Lipinski definition) is 5. The van der Waals surface area contributed by atoms with Gasteiger partial charge in [-0.25, -0.2) is 0 Å². The average molecular weight is 346 g/mol. The summed E-state index contributed by atoms with van der Waals surface area (Å²) in [6.07, 6.45) is 3.39. The molecule has 0 bridgehead atoms. The van der Waals surface area contributed by atoms with Gasteiger partial charge in [0.05, 0.1) is 19.9 Å². The molecule has 0 spiro atoms. The minimum Gasteiger partial charge on any atom is -0.493 e. The molecule has 2 rings (SSSR count). The smallest absolute Gasteiger partial charge is 0.162 e. The van der Waals surface area contributed by atoms with E-state index in [4.69, 9.17) is 20.2 Å². The van der Waals surface area contributed by atoms with Gasteiger partial charge in [-0.3, -0.25) is 9.98 Å². The summed E-state index contributed by atoms with van der Waals surface area (Å²) in [7, 11) is 3.26. The van der Waals surface area contributed by atoms with E-state index < -0.39 is 0 Å². The van der Waals surface area contributed by atoms with Gasteiger partial charge in [-0.1, -0.05) is 0 Å². The summed E-state index contributed by atoms with van der Waals surface area (Å²) >= 11 is 0. The van der Waals surface area contributed by atoms with E-state index >= 15 is 0 Å². The lowest BCUT2D eigenvalue weighted by atomic mass is 9.93. The monoisotopic (exact) mass is 346 g/mol. The molecule has 0 aromatic heterocycles. The molecule has 1 aliphatic rings. The van der Waals surface area contributed by atoms with Gasteiger partial charge in [-0.15, -0.1) is 0 Å². The predicted molar refractivity (Wildman–Crippen MR) is 104 cm³/mol. The maximum Gasteiger partial charge on any atom is 0.162 e. The van der Waals surface area contributed by atoms with Gasteiger partial charge in [0.25, 0.3) is 0 Å². The molecule has 1 saturated heterocycles. The Balaban J connectivity index is 2.34. The van der Waals surface area contributed by atoms with Gasteiger partial charge in [-0.05, 0) is 51.4 Å². The number of nitrogens with two attached hydrogens (primary N) is 1. The van der Waals surface area contributed by atoms with E-state index in [0.29, 0.717) is 24.0 Å². The fourth-order valence-electron chi connectivity index (χ4n) is 3.35. The van der Waals surface area contributed by atoms with Crippen LogP contribution in [-0.4, -0.2) is 57.9 Å². The van der Waals surface area contributed by atoms with Crippen molar-refractivity contribution in [1.82, 2.24) is 4.90 Å². The van der Waals surface area contributed by atoms with Crippen LogP contribution in [0.2, 0.25) is 0 Å². The van der Waals surface area contributed by atoms with E-state index in [1.165, 1.54) is 0 Å². The molecule has 1 aliphatic heterocycles. The van der Waals surface area contributed by atoms with Gasteiger partial charge < -0.3 is 20.1 Å². The Morgan fingerprint density at radius 3 is 2.40 bits per heavy atom. The molecule has 6 heteroatoms. The van der Waals surface area contributed by atoms with Crippen molar-refractivity contribution >= 4 is 18.2 Å². The van der Waals surface area contributed by atoms with Gasteiger partial charge in [0.1, 0.15) is 5.84 Å². The number of rotatable bonds is 7. The second-order valence-electron chi connectivity index (χ2n) is 6.19. The molecular weight excluding hydrogens is 316 g/mol. The minimum absolute atomic E-state index is 0.645. The number of nitrogens with zero attached hydrogens (tertiary/aromatic N) is 3. The summed E-state index contributed by atoms with van der Waals surface area (Å²) in [5.74, 6) is 2.99. The Labute approximate surface area is 150 Å². The second-order valence-corrected chi connectivity index (χ2v) is 6.19. The van der Waals surface area contributed by atoms with E-state index in [-0.39, 0.29) is 0 Å². The van der Waals surface area contributed by atoms with Crippen LogP contribution in [0.5, 0.6) is 11.5 Å². The highest BCUT2D eigenvalue weighted by molar-refractivity contribution is 6.04. The van der Waals surface area contributed by atoms with Crippen LogP contribution in [0.15, 0.2) is 22.1 Å². The molecule has 1 fully saturated rings. The number of hydrogen-bond donors (Lipinski definition) is 1. The van der Waals surface area contributed by atoms with Crippen molar-refractivity contribution in [2.75, 3.05) is 40.4 Å². The lowest BCUT2D eigenvalue weighted by Gasteiger charge is -2.34. The van der Waals surface area contributed by atoms with E-state index in [1.54, 1.807) is 14.2 Å². The van der Waals surface area contributed by atoms with Crippen LogP contribution >= 0.6 is 0 Å². The zero-order valence-electron chi connectivity index (χ0n) is 15.6. The number of ether oxygens (including phenoxy) is 2. The summed E-state index contributed by atoms with van der Waals surface area (Å²) in [6, 6.07) is 3.80. The molecule has 0 amide bonds. The van der Waals surface area contributed by atoms with Crippen molar-refractivity contribution in [3.8, 4) is 11.5 Å². The standard InChI is InChI=1S/C19H30N4O2/c1-5-22-19(23-10-7-14(6-9-20)8-11-23)15-12-17(24-3)18(25-4)13-16(15)21-2/h12-14H,2,5-11,20H2,1,3-4H3. The van der Waals surface area contributed by atoms with Crippen molar-refractivity contribution in [3.63, 3.8) is 0 Å². The number of methoxy groups -OCH3 is 2. The van der Waals surface area contributed by atoms with Crippen molar-refractivity contribution in [2.24, 2.45) is 21.6 Å². The first kappa shape index (κ1) is 19.2. The largest absolute Gasteiger partial charge is 0.493 e. The molecule has 1 aromatic rings. The van der Waals surface area contributed by atoms with Crippen LogP contribution in [0.25, 0.3) is 0 Å². The average Bonchev–Trinajstić information content (AvgIpc) is 2.66. The molecule has 0 radical (unpaired) electrons. The molecule has 0 unspecified atom stereocenters. The fraction of sp³-hybridized carbons (Fsp3) is 0.579. The lowest BCUT2D eigenvalue weighted by molar-refractivity contribution is 0.258. The lowest BCUT2D eigenvalue weighted by Crippen LogP contribution is -2.39. The third-order valence-corrected chi connectivity index (χ3v) is 4.71. The third-order valence-electron chi connectivity index (χ3n) is 4.71. The summed E-state index contributed by atoms with van der Waals surface area (Å²) in [5.41, 5.74) is 7.40. The first-order valence-corrected chi connectivity index (χ1v) is 8.91. The zero-order chi connectivity index (χ0) is 18.2. The molecule has 138 valence electrons. The van der Waals surface area contributed by atoms with Gasteiger partial charge in [0, 0.05) is 31.3 Å². The minimum atomic E-state index is 0.645. The number of benzene rings is 1. The van der Waals surface area contributed by atoms with Gasteiger partial charge in [0.15, 0.2) is 11.5 Å². The number of likely N-dealkylation sites (tertiary alicyclic amines) is 1. The Kier molecular flexibility index (Phi) is 7.25. The molecular formula is C19H30N4O2. The molecule has 1 heterocycles. The molecule has 0 saturated carbocycles. The van der Waals surface area contributed by atoms with Crippen LogP contribution < -0.4 is 15.2 Å². The van der Waals surface area contributed by atoms with Crippen molar-refractivity contribution in [1.29, 1.82) is 0 Å². The van der Waals surface area contributed by atoms with E-state index in [1.807, 2.05) is 19.1 Å². The Bertz CT molecular complexity index is 608. The molecule has 2 N–H and O–H groups in total. The maximum atomic E-state index is 5.71. The number of amidine groups is 1. The quantitative estimate of drug-likeness (QED) is 0.609. The Hall–Kier alpha value is -2.08. The molecule has 25 heavy (non-hydrogen) atoms. The summed E-state index contributed by atoms with van der Waals surface area (Å²) < 4.78 is 10.8. The van der Waals surface area contributed by atoms with Gasteiger partial charge in [0.2, 0.25) is 0 Å². The molecule has 1 aromatic carbocycles. The highest BCUT2D eigenvalue weighted by Gasteiger charge is 2.24. The molecule has 0 aliphatic carbocycles. The zero-order valence-corrected chi connectivity index (χ0v) is 15.6.